The zero-order valence-electron chi connectivity index (χ0n) is 10.3. The average Bonchev–Trinajstić information content (AvgIpc) is 2.93. The lowest BCUT2D eigenvalue weighted by Crippen LogP contribution is -2.18. The fourth-order valence-corrected chi connectivity index (χ4v) is 2.50. The maximum absolute atomic E-state index is 10.9. The number of carbonyl (C=O) groups is 1. The summed E-state index contributed by atoms with van der Waals surface area (Å²) in [7, 11) is 0. The second-order valence-corrected chi connectivity index (χ2v) is 5.00. The van der Waals surface area contributed by atoms with Crippen molar-refractivity contribution in [1.82, 2.24) is 20.4 Å². The molecule has 7 heteroatoms. The molecule has 0 aliphatic rings. The van der Waals surface area contributed by atoms with Crippen molar-refractivity contribution >= 4 is 17.3 Å². The highest BCUT2D eigenvalue weighted by Gasteiger charge is 2.13. The molecule has 0 saturated heterocycles. The monoisotopic (exact) mass is 266 g/mol. The van der Waals surface area contributed by atoms with Crippen molar-refractivity contribution in [1.29, 1.82) is 0 Å². The van der Waals surface area contributed by atoms with Crippen molar-refractivity contribution in [2.24, 2.45) is 0 Å². The summed E-state index contributed by atoms with van der Waals surface area (Å²) in [5.74, 6) is 0.00395. The van der Waals surface area contributed by atoms with Gasteiger partial charge in [-0.2, -0.15) is 0 Å². The van der Waals surface area contributed by atoms with Gasteiger partial charge in [0.2, 0.25) is 5.82 Å². The van der Waals surface area contributed by atoms with Crippen molar-refractivity contribution in [3.63, 3.8) is 0 Å². The quantitative estimate of drug-likeness (QED) is 0.771. The molecule has 6 nitrogen and oxygen atoms in total. The maximum atomic E-state index is 10.9. The fourth-order valence-electron chi connectivity index (χ4n) is 1.49. The number of thiophene rings is 1. The second-order valence-electron chi connectivity index (χ2n) is 3.83. The van der Waals surface area contributed by atoms with E-state index in [4.69, 9.17) is 4.84 Å². The minimum absolute atomic E-state index is 0.452. The third kappa shape index (κ3) is 2.92. The van der Waals surface area contributed by atoms with E-state index < -0.39 is 5.97 Å². The molecule has 0 aromatic carbocycles. The molecule has 2 aromatic heterocycles. The summed E-state index contributed by atoms with van der Waals surface area (Å²) in [6.45, 7) is 3.47. The number of tetrazole rings is 1. The smallest absolute Gasteiger partial charge is 0.316 e. The molecule has 96 valence electrons. The van der Waals surface area contributed by atoms with Crippen LogP contribution in [0.5, 0.6) is 0 Å². The number of rotatable bonds is 5. The van der Waals surface area contributed by atoms with Crippen LogP contribution in [0.1, 0.15) is 31.6 Å². The van der Waals surface area contributed by atoms with E-state index in [9.17, 15) is 4.79 Å². The van der Waals surface area contributed by atoms with E-state index in [1.807, 2.05) is 6.07 Å². The molecule has 2 heterocycles. The van der Waals surface area contributed by atoms with E-state index >= 15 is 0 Å². The summed E-state index contributed by atoms with van der Waals surface area (Å²) in [6.07, 6.45) is 3.38. The molecule has 0 fully saturated rings. The summed E-state index contributed by atoms with van der Waals surface area (Å²) >= 11 is 1.62. The predicted molar refractivity (Wildman–Crippen MR) is 67.0 cm³/mol. The van der Waals surface area contributed by atoms with Gasteiger partial charge in [0.15, 0.2) is 0 Å². The summed E-state index contributed by atoms with van der Waals surface area (Å²) < 4.78 is 0. The lowest BCUT2D eigenvalue weighted by atomic mass is 10.2. The van der Waals surface area contributed by atoms with Crippen LogP contribution in [0.4, 0.5) is 0 Å². The van der Waals surface area contributed by atoms with Crippen molar-refractivity contribution in [3.05, 3.63) is 17.0 Å². The fraction of sp³-hybridized carbons (Fsp3) is 0.455. The van der Waals surface area contributed by atoms with Crippen LogP contribution in [0, 0.1) is 0 Å². The Bertz CT molecular complexity index is 535. The van der Waals surface area contributed by atoms with E-state index in [-0.39, 0.29) is 0 Å². The molecule has 0 saturated carbocycles. The van der Waals surface area contributed by atoms with Crippen molar-refractivity contribution in [2.75, 3.05) is 0 Å². The lowest BCUT2D eigenvalue weighted by molar-refractivity contribution is -0.143. The van der Waals surface area contributed by atoms with Crippen LogP contribution in [-0.2, 0) is 11.2 Å². The molecule has 0 N–H and O–H groups in total. The van der Waals surface area contributed by atoms with Crippen LogP contribution in [0.3, 0.4) is 0 Å². The van der Waals surface area contributed by atoms with Crippen LogP contribution >= 0.6 is 11.3 Å². The number of hydrogen-bond acceptors (Lipinski definition) is 6. The van der Waals surface area contributed by atoms with Gasteiger partial charge in [-0.25, -0.2) is 4.79 Å². The van der Waals surface area contributed by atoms with E-state index in [2.05, 4.69) is 28.5 Å². The van der Waals surface area contributed by atoms with Crippen molar-refractivity contribution < 1.29 is 9.63 Å². The first-order chi connectivity index (χ1) is 8.70. The third-order valence-corrected chi connectivity index (χ3v) is 3.46. The molecule has 0 amide bonds. The van der Waals surface area contributed by atoms with Gasteiger partial charge >= 0.3 is 5.97 Å². The molecule has 0 aliphatic heterocycles. The van der Waals surface area contributed by atoms with Crippen LogP contribution in [0.15, 0.2) is 12.1 Å². The lowest BCUT2D eigenvalue weighted by Gasteiger charge is -1.99. The van der Waals surface area contributed by atoms with Crippen LogP contribution in [0.25, 0.3) is 10.7 Å². The first-order valence-electron chi connectivity index (χ1n) is 5.77. The molecule has 0 unspecified atom stereocenters. The average molecular weight is 266 g/mol. The SMILES string of the molecule is CCCCc1ccc(-c2nnnn2OC(C)=O)s1. The number of nitrogens with zero attached hydrogens (tertiary/aromatic N) is 4. The summed E-state index contributed by atoms with van der Waals surface area (Å²) in [4.78, 5) is 19.0. The highest BCUT2D eigenvalue weighted by atomic mass is 32.1. The van der Waals surface area contributed by atoms with E-state index in [1.54, 1.807) is 11.3 Å². The highest BCUT2D eigenvalue weighted by Crippen LogP contribution is 2.26. The van der Waals surface area contributed by atoms with Gasteiger partial charge in [0.25, 0.3) is 0 Å². The van der Waals surface area contributed by atoms with Gasteiger partial charge in [0.1, 0.15) is 0 Å². The van der Waals surface area contributed by atoms with Crippen LogP contribution in [-0.4, -0.2) is 26.3 Å². The Morgan fingerprint density at radius 1 is 1.50 bits per heavy atom. The van der Waals surface area contributed by atoms with Crippen LogP contribution in [0.2, 0.25) is 0 Å². The minimum atomic E-state index is -0.452. The van der Waals surface area contributed by atoms with Crippen molar-refractivity contribution in [3.8, 4) is 10.7 Å². The highest BCUT2D eigenvalue weighted by molar-refractivity contribution is 7.15. The Labute approximate surface area is 109 Å². The summed E-state index contributed by atoms with van der Waals surface area (Å²) in [5.41, 5.74) is 0. The molecular formula is C11H14N4O2S. The summed E-state index contributed by atoms with van der Waals surface area (Å²) in [6, 6.07) is 4.00. The minimum Gasteiger partial charge on any atom is -0.316 e. The van der Waals surface area contributed by atoms with Gasteiger partial charge in [-0.1, -0.05) is 13.3 Å². The molecule has 0 spiro atoms. The van der Waals surface area contributed by atoms with Gasteiger partial charge in [-0.15, -0.1) is 16.4 Å². The van der Waals surface area contributed by atoms with Gasteiger partial charge in [0, 0.05) is 11.8 Å². The van der Waals surface area contributed by atoms with E-state index in [1.165, 1.54) is 18.2 Å². The number of unbranched alkanes of at least 4 members (excludes halogenated alkanes) is 1. The van der Waals surface area contributed by atoms with Gasteiger partial charge < -0.3 is 4.84 Å². The Balaban J connectivity index is 2.18. The predicted octanol–water partition coefficient (Wildman–Crippen LogP) is 1.72. The first kappa shape index (κ1) is 12.7. The normalized spacial score (nSPS) is 10.6. The first-order valence-corrected chi connectivity index (χ1v) is 6.58. The van der Waals surface area contributed by atoms with Crippen molar-refractivity contribution in [2.45, 2.75) is 33.1 Å². The second kappa shape index (κ2) is 5.72. The Hall–Kier alpha value is -1.76. The Kier molecular flexibility index (Phi) is 4.03. The Morgan fingerprint density at radius 2 is 2.33 bits per heavy atom. The van der Waals surface area contributed by atoms with Gasteiger partial charge in [-0.05, 0) is 40.2 Å². The number of hydrogen-bond donors (Lipinski definition) is 0. The molecule has 0 atom stereocenters. The standard InChI is InChI=1S/C11H14N4O2S/c1-3-4-5-9-6-7-10(18-9)11-12-13-14-15(11)17-8(2)16/h6-7H,3-5H2,1-2H3. The zero-order chi connectivity index (χ0) is 13.0. The molecule has 2 rings (SSSR count). The maximum Gasteiger partial charge on any atom is 0.332 e. The zero-order valence-corrected chi connectivity index (χ0v) is 11.1. The molecule has 0 aliphatic carbocycles. The number of aromatic nitrogens is 4. The summed E-state index contributed by atoms with van der Waals surface area (Å²) in [5, 5.41) is 11.0. The topological polar surface area (TPSA) is 69.9 Å². The molecule has 0 bridgehead atoms. The molecular weight excluding hydrogens is 252 g/mol. The number of aryl methyl sites for hydroxylation is 1. The number of carbonyl (C=O) groups excluding carboxylic acids is 1. The third-order valence-electron chi connectivity index (χ3n) is 2.32. The van der Waals surface area contributed by atoms with Crippen LogP contribution < -0.4 is 4.84 Å². The molecule has 2 aromatic rings. The largest absolute Gasteiger partial charge is 0.332 e. The van der Waals surface area contributed by atoms with Gasteiger partial charge in [0.05, 0.1) is 4.88 Å². The van der Waals surface area contributed by atoms with E-state index in [0.29, 0.717) is 5.82 Å². The Morgan fingerprint density at radius 3 is 3.06 bits per heavy atom. The molecule has 18 heavy (non-hydrogen) atoms. The van der Waals surface area contributed by atoms with Gasteiger partial charge in [-0.3, -0.25) is 0 Å². The molecule has 0 radical (unpaired) electrons. The van der Waals surface area contributed by atoms with E-state index in [0.717, 1.165) is 22.6 Å².